The van der Waals surface area contributed by atoms with Crippen LogP contribution in [0.2, 0.25) is 0 Å². The van der Waals surface area contributed by atoms with Gasteiger partial charge in [0, 0.05) is 6.42 Å². The molecule has 1 aromatic carbocycles. The standard InChI is InChI=1S/C18H24N5O6PS/c1-11(16(25)28-8-12-5-3-2-4-6-12)22-30(27)29-9-14-13(24)7-15(31-14)23-10-20-17(19)21-18(23)26/h2-6,10-11,13-15,24,30H,7-9H2,1H3,(H,22,27)(H2,19,21,26)/t11-,13+,14?,15+/m0/s1. The van der Waals surface area contributed by atoms with Crippen LogP contribution in [0.25, 0.3) is 0 Å². The molecule has 1 aliphatic heterocycles. The summed E-state index contributed by atoms with van der Waals surface area (Å²) in [5, 5.41) is 12.0. The molecule has 31 heavy (non-hydrogen) atoms. The van der Waals surface area contributed by atoms with Gasteiger partial charge in [0.25, 0.3) is 8.18 Å². The normalized spacial score (nSPS) is 22.7. The Morgan fingerprint density at radius 2 is 2.19 bits per heavy atom. The van der Waals surface area contributed by atoms with Gasteiger partial charge in [-0.3, -0.25) is 13.9 Å². The summed E-state index contributed by atoms with van der Waals surface area (Å²) in [6, 6.07) is 8.39. The lowest BCUT2D eigenvalue weighted by Crippen LogP contribution is -2.31. The number of carbonyl (C=O) groups excluding carboxylic acids is 1. The number of aliphatic hydroxyl groups is 1. The average Bonchev–Trinajstić information content (AvgIpc) is 3.11. The van der Waals surface area contributed by atoms with Gasteiger partial charge in [-0.1, -0.05) is 30.3 Å². The van der Waals surface area contributed by atoms with E-state index in [0.717, 1.165) is 5.56 Å². The maximum Gasteiger partial charge on any atom is 0.353 e. The third-order valence-corrected chi connectivity index (χ3v) is 7.18. The van der Waals surface area contributed by atoms with Crippen molar-refractivity contribution in [3.63, 3.8) is 0 Å². The number of hydrogen-bond donors (Lipinski definition) is 3. The minimum absolute atomic E-state index is 0.0243. The van der Waals surface area contributed by atoms with E-state index in [0.29, 0.717) is 0 Å². The van der Waals surface area contributed by atoms with Crippen molar-refractivity contribution < 1.29 is 23.7 Å². The molecule has 168 valence electrons. The quantitative estimate of drug-likeness (QED) is 0.351. The fraction of sp³-hybridized carbons (Fsp3) is 0.444. The van der Waals surface area contributed by atoms with E-state index in [1.165, 1.54) is 29.6 Å². The molecule has 0 aliphatic carbocycles. The summed E-state index contributed by atoms with van der Waals surface area (Å²) in [6.45, 7) is 1.62. The minimum Gasteiger partial charge on any atom is -0.460 e. The number of aliphatic hydroxyl groups excluding tert-OH is 1. The molecule has 1 fully saturated rings. The fourth-order valence-electron chi connectivity index (χ4n) is 2.88. The third-order valence-electron chi connectivity index (χ3n) is 4.55. The van der Waals surface area contributed by atoms with Crippen LogP contribution in [0.15, 0.2) is 41.5 Å². The number of thioether (sulfide) groups is 1. The number of rotatable bonds is 9. The van der Waals surface area contributed by atoms with Crippen LogP contribution in [0.4, 0.5) is 5.95 Å². The molecular formula is C18H24N5O6PS. The second kappa shape index (κ2) is 10.9. The Kier molecular flexibility index (Phi) is 8.22. The maximum absolute atomic E-state index is 12.2. The summed E-state index contributed by atoms with van der Waals surface area (Å²) in [6.07, 6.45) is 0.788. The number of nitrogen functional groups attached to an aromatic ring is 1. The van der Waals surface area contributed by atoms with Crippen molar-refractivity contribution in [2.45, 2.75) is 42.7 Å². The summed E-state index contributed by atoms with van der Waals surface area (Å²) >= 11 is 1.29. The van der Waals surface area contributed by atoms with Crippen molar-refractivity contribution in [3.05, 3.63) is 52.7 Å². The first-order valence-corrected chi connectivity index (χ1v) is 11.8. The lowest BCUT2D eigenvalue weighted by molar-refractivity contribution is -0.146. The fourth-order valence-corrected chi connectivity index (χ4v) is 5.31. The SMILES string of the molecule is C[C@H](N[PH](=O)OCC1S[C@@H](n2cnc(N)nc2=O)C[C@H]1O)C(=O)OCc1ccccc1. The van der Waals surface area contributed by atoms with E-state index in [2.05, 4.69) is 15.1 Å². The molecule has 13 heteroatoms. The molecule has 0 bridgehead atoms. The molecule has 0 radical (unpaired) electrons. The van der Waals surface area contributed by atoms with Crippen LogP contribution >= 0.6 is 19.9 Å². The van der Waals surface area contributed by atoms with E-state index in [4.69, 9.17) is 15.0 Å². The molecule has 0 amide bonds. The van der Waals surface area contributed by atoms with Crippen LogP contribution in [0.3, 0.4) is 0 Å². The highest BCUT2D eigenvalue weighted by molar-refractivity contribution is 8.00. The molecule has 4 N–H and O–H groups in total. The molecule has 2 heterocycles. The summed E-state index contributed by atoms with van der Waals surface area (Å²) in [7, 11) is -2.76. The molecule has 0 saturated carbocycles. The van der Waals surface area contributed by atoms with E-state index < -0.39 is 37.2 Å². The summed E-state index contributed by atoms with van der Waals surface area (Å²) in [5.74, 6) is -0.672. The Bertz CT molecular complexity index is 977. The molecule has 11 nitrogen and oxygen atoms in total. The lowest BCUT2D eigenvalue weighted by Gasteiger charge is -2.16. The first-order valence-electron chi connectivity index (χ1n) is 9.51. The smallest absolute Gasteiger partial charge is 0.353 e. The maximum atomic E-state index is 12.2. The number of carbonyl (C=O) groups is 1. The summed E-state index contributed by atoms with van der Waals surface area (Å²) in [5.41, 5.74) is 5.68. The van der Waals surface area contributed by atoms with Crippen LogP contribution in [0, 0.1) is 0 Å². The van der Waals surface area contributed by atoms with Crippen LogP contribution in [0.5, 0.6) is 0 Å². The van der Waals surface area contributed by atoms with Crippen LogP contribution in [-0.4, -0.2) is 49.6 Å². The highest BCUT2D eigenvalue weighted by Crippen LogP contribution is 2.41. The third kappa shape index (κ3) is 6.62. The average molecular weight is 469 g/mol. The number of nitrogens with two attached hydrogens (primary N) is 1. The highest BCUT2D eigenvalue weighted by atomic mass is 32.2. The monoisotopic (exact) mass is 469 g/mol. The van der Waals surface area contributed by atoms with Gasteiger partial charge in [0.05, 0.1) is 23.3 Å². The van der Waals surface area contributed by atoms with E-state index in [-0.39, 0.29) is 31.0 Å². The van der Waals surface area contributed by atoms with Gasteiger partial charge in [0.15, 0.2) is 0 Å². The van der Waals surface area contributed by atoms with Crippen molar-refractivity contribution in [3.8, 4) is 0 Å². The molecule has 1 aliphatic rings. The first kappa shape index (κ1) is 23.4. The molecule has 0 spiro atoms. The number of benzene rings is 1. The van der Waals surface area contributed by atoms with E-state index in [1.807, 2.05) is 30.3 Å². The van der Waals surface area contributed by atoms with Crippen molar-refractivity contribution in [2.24, 2.45) is 0 Å². The zero-order chi connectivity index (χ0) is 22.4. The molecule has 3 rings (SSSR count). The van der Waals surface area contributed by atoms with E-state index in [1.54, 1.807) is 0 Å². The van der Waals surface area contributed by atoms with Crippen molar-refractivity contribution >= 4 is 31.9 Å². The van der Waals surface area contributed by atoms with E-state index in [9.17, 15) is 19.3 Å². The molecule has 2 unspecified atom stereocenters. The number of ether oxygens (including phenoxy) is 1. The van der Waals surface area contributed by atoms with Gasteiger partial charge in [-0.15, -0.1) is 11.8 Å². The number of esters is 1. The second-order valence-corrected chi connectivity index (χ2v) is 9.47. The minimum atomic E-state index is -2.76. The molecule has 1 aromatic heterocycles. The second-order valence-electron chi connectivity index (χ2n) is 6.89. The lowest BCUT2D eigenvalue weighted by atomic mass is 10.2. The highest BCUT2D eigenvalue weighted by Gasteiger charge is 2.36. The molecular weight excluding hydrogens is 445 g/mol. The Morgan fingerprint density at radius 1 is 1.45 bits per heavy atom. The van der Waals surface area contributed by atoms with E-state index >= 15 is 0 Å². The van der Waals surface area contributed by atoms with Crippen LogP contribution in [-0.2, 0) is 25.2 Å². The predicted molar refractivity (Wildman–Crippen MR) is 116 cm³/mol. The molecule has 2 aromatic rings. The number of hydrogen-bond acceptors (Lipinski definition) is 10. The van der Waals surface area contributed by atoms with Gasteiger partial charge in [-0.2, -0.15) is 4.98 Å². The Morgan fingerprint density at radius 3 is 2.90 bits per heavy atom. The van der Waals surface area contributed by atoms with Crippen LogP contribution < -0.4 is 16.5 Å². The van der Waals surface area contributed by atoms with Crippen molar-refractivity contribution in [1.29, 1.82) is 0 Å². The zero-order valence-corrected chi connectivity index (χ0v) is 18.5. The number of anilines is 1. The topological polar surface area (TPSA) is 159 Å². The van der Waals surface area contributed by atoms with Gasteiger partial charge in [0.1, 0.15) is 19.0 Å². The molecule has 5 atom stereocenters. The van der Waals surface area contributed by atoms with Gasteiger partial charge >= 0.3 is 11.7 Å². The first-order chi connectivity index (χ1) is 14.8. The summed E-state index contributed by atoms with van der Waals surface area (Å²) in [4.78, 5) is 31.4. The number of nitrogens with zero attached hydrogens (tertiary/aromatic N) is 3. The molecule has 1 saturated heterocycles. The van der Waals surface area contributed by atoms with Gasteiger partial charge in [0.2, 0.25) is 5.95 Å². The Hall–Kier alpha value is -2.24. The Balaban J connectivity index is 1.43. The van der Waals surface area contributed by atoms with Gasteiger partial charge in [-0.25, -0.2) is 14.9 Å². The van der Waals surface area contributed by atoms with Crippen LogP contribution in [0.1, 0.15) is 24.3 Å². The largest absolute Gasteiger partial charge is 0.460 e. The van der Waals surface area contributed by atoms with Crippen molar-refractivity contribution in [1.82, 2.24) is 19.6 Å². The number of nitrogens with one attached hydrogen (secondary N) is 1. The number of aromatic nitrogens is 3. The Labute approximate surface area is 183 Å². The summed E-state index contributed by atoms with van der Waals surface area (Å²) < 4.78 is 24.0. The van der Waals surface area contributed by atoms with Gasteiger partial charge < -0.3 is 20.1 Å². The van der Waals surface area contributed by atoms with Gasteiger partial charge in [-0.05, 0) is 12.5 Å². The van der Waals surface area contributed by atoms with Crippen molar-refractivity contribution in [2.75, 3.05) is 12.3 Å². The predicted octanol–water partition coefficient (Wildman–Crippen LogP) is 0.713. The zero-order valence-electron chi connectivity index (χ0n) is 16.7.